The summed E-state index contributed by atoms with van der Waals surface area (Å²) in [5.74, 6) is -1.53. The molecule has 5 nitrogen and oxygen atoms in total. The summed E-state index contributed by atoms with van der Waals surface area (Å²) in [5.41, 5.74) is 0.588. The minimum Gasteiger partial charge on any atom is -0.394 e. The van der Waals surface area contributed by atoms with Crippen molar-refractivity contribution in [3.63, 3.8) is 0 Å². The highest BCUT2D eigenvalue weighted by Gasteiger charge is 2.23. The minimum atomic E-state index is -0.830. The van der Waals surface area contributed by atoms with Crippen LogP contribution in [0.2, 0.25) is 0 Å². The van der Waals surface area contributed by atoms with E-state index < -0.39 is 17.4 Å². The van der Waals surface area contributed by atoms with Crippen molar-refractivity contribution < 1.29 is 14.7 Å². The third-order valence-electron chi connectivity index (χ3n) is 2.49. The molecule has 0 heterocycles. The van der Waals surface area contributed by atoms with Crippen LogP contribution < -0.4 is 10.6 Å². The first-order valence-corrected chi connectivity index (χ1v) is 6.55. The molecule has 19 heavy (non-hydrogen) atoms. The number of hydrogen-bond donors (Lipinski definition) is 3. The van der Waals surface area contributed by atoms with Crippen LogP contribution in [0.25, 0.3) is 0 Å². The molecule has 0 saturated carbocycles. The molecule has 1 aromatic carbocycles. The van der Waals surface area contributed by atoms with E-state index in [4.69, 9.17) is 5.11 Å². The molecule has 1 rings (SSSR count). The van der Waals surface area contributed by atoms with Crippen molar-refractivity contribution in [3.8, 4) is 0 Å². The quantitative estimate of drug-likeness (QED) is 0.737. The molecule has 0 fully saturated rings. The molecule has 0 aliphatic rings. The summed E-state index contributed by atoms with van der Waals surface area (Å²) in [5, 5.41) is 14.0. The number of aryl methyl sites for hydroxylation is 1. The number of aliphatic hydroxyl groups is 1. The lowest BCUT2D eigenvalue weighted by Crippen LogP contribution is -2.50. The second-order valence-electron chi connectivity index (χ2n) is 4.91. The highest BCUT2D eigenvalue weighted by atomic mass is 79.9. The molecule has 6 heteroatoms. The fraction of sp³-hybridized carbons (Fsp3) is 0.385. The molecule has 0 saturated heterocycles. The van der Waals surface area contributed by atoms with Crippen LogP contribution in [0.4, 0.5) is 5.69 Å². The van der Waals surface area contributed by atoms with Gasteiger partial charge in [0.2, 0.25) is 0 Å². The van der Waals surface area contributed by atoms with Crippen LogP contribution in [-0.2, 0) is 9.59 Å². The third-order valence-corrected chi connectivity index (χ3v) is 2.98. The van der Waals surface area contributed by atoms with Crippen LogP contribution >= 0.6 is 15.9 Å². The molecule has 0 radical (unpaired) electrons. The Balaban J connectivity index is 2.72. The number of rotatable bonds is 3. The second-order valence-corrected chi connectivity index (χ2v) is 5.83. The van der Waals surface area contributed by atoms with E-state index in [-0.39, 0.29) is 6.61 Å². The predicted octanol–water partition coefficient (Wildman–Crippen LogP) is 1.58. The van der Waals surface area contributed by atoms with Crippen molar-refractivity contribution in [2.75, 3.05) is 11.9 Å². The zero-order valence-electron chi connectivity index (χ0n) is 11.1. The van der Waals surface area contributed by atoms with E-state index >= 15 is 0 Å². The largest absolute Gasteiger partial charge is 0.394 e. The number of amides is 2. The summed E-state index contributed by atoms with van der Waals surface area (Å²) in [6, 6.07) is 5.32. The fourth-order valence-electron chi connectivity index (χ4n) is 1.35. The van der Waals surface area contributed by atoms with E-state index in [1.54, 1.807) is 26.0 Å². The van der Waals surface area contributed by atoms with Gasteiger partial charge in [-0.05, 0) is 44.5 Å². The highest BCUT2D eigenvalue weighted by molar-refractivity contribution is 9.10. The van der Waals surface area contributed by atoms with Gasteiger partial charge in [-0.2, -0.15) is 0 Å². The van der Waals surface area contributed by atoms with Gasteiger partial charge in [-0.1, -0.05) is 15.9 Å². The Morgan fingerprint density at radius 2 is 1.95 bits per heavy atom. The first-order valence-electron chi connectivity index (χ1n) is 5.76. The molecule has 0 unspecified atom stereocenters. The molecule has 0 bridgehead atoms. The fourth-order valence-corrected chi connectivity index (χ4v) is 1.83. The summed E-state index contributed by atoms with van der Waals surface area (Å²) in [6.45, 7) is 4.84. The average Bonchev–Trinajstić information content (AvgIpc) is 2.32. The van der Waals surface area contributed by atoms with Crippen molar-refractivity contribution in [2.24, 2.45) is 0 Å². The lowest BCUT2D eigenvalue weighted by atomic mass is 10.1. The van der Waals surface area contributed by atoms with Crippen LogP contribution in [0.1, 0.15) is 19.4 Å². The van der Waals surface area contributed by atoms with Crippen molar-refractivity contribution in [2.45, 2.75) is 26.3 Å². The van der Waals surface area contributed by atoms with Gasteiger partial charge in [0.15, 0.2) is 0 Å². The number of carbonyl (C=O) groups excluding carboxylic acids is 2. The van der Waals surface area contributed by atoms with Gasteiger partial charge in [-0.3, -0.25) is 9.59 Å². The van der Waals surface area contributed by atoms with Gasteiger partial charge < -0.3 is 15.7 Å². The number of anilines is 1. The van der Waals surface area contributed by atoms with E-state index in [2.05, 4.69) is 26.6 Å². The van der Waals surface area contributed by atoms with E-state index in [0.717, 1.165) is 10.0 Å². The average molecular weight is 329 g/mol. The number of hydrogen-bond acceptors (Lipinski definition) is 3. The number of nitrogens with one attached hydrogen (secondary N) is 2. The van der Waals surface area contributed by atoms with Crippen molar-refractivity contribution in [3.05, 3.63) is 28.2 Å². The smallest absolute Gasteiger partial charge is 0.313 e. The van der Waals surface area contributed by atoms with Gasteiger partial charge in [0, 0.05) is 10.2 Å². The van der Waals surface area contributed by atoms with E-state index in [9.17, 15) is 9.59 Å². The van der Waals surface area contributed by atoms with Gasteiger partial charge in [-0.15, -0.1) is 0 Å². The first-order chi connectivity index (χ1) is 8.75. The maximum absolute atomic E-state index is 11.7. The standard InChI is InChI=1S/C13H17BrN2O3/c1-8-6-9(14)4-5-10(8)15-11(18)12(19)16-13(2,3)7-17/h4-6,17H,7H2,1-3H3,(H,15,18)(H,16,19). The van der Waals surface area contributed by atoms with Gasteiger partial charge in [0.25, 0.3) is 0 Å². The molecule has 0 aromatic heterocycles. The van der Waals surface area contributed by atoms with Crippen molar-refractivity contribution in [1.29, 1.82) is 0 Å². The summed E-state index contributed by atoms with van der Waals surface area (Å²) < 4.78 is 0.897. The van der Waals surface area contributed by atoms with Gasteiger partial charge in [0.1, 0.15) is 0 Å². The van der Waals surface area contributed by atoms with Crippen LogP contribution in [0.5, 0.6) is 0 Å². The van der Waals surface area contributed by atoms with Gasteiger partial charge in [-0.25, -0.2) is 0 Å². The molecule has 0 aliphatic heterocycles. The summed E-state index contributed by atoms with van der Waals surface area (Å²) in [6.07, 6.45) is 0. The van der Waals surface area contributed by atoms with E-state index in [1.807, 2.05) is 13.0 Å². The zero-order valence-corrected chi connectivity index (χ0v) is 12.7. The Hall–Kier alpha value is -1.40. The molecule has 0 atom stereocenters. The van der Waals surface area contributed by atoms with Crippen LogP contribution in [0, 0.1) is 6.92 Å². The number of halogens is 1. The third kappa shape index (κ3) is 4.65. The normalized spacial score (nSPS) is 11.0. The molecular weight excluding hydrogens is 312 g/mol. The Kier molecular flexibility index (Phi) is 5.08. The molecule has 2 amide bonds. The minimum absolute atomic E-state index is 0.247. The number of benzene rings is 1. The molecule has 3 N–H and O–H groups in total. The van der Waals surface area contributed by atoms with Crippen LogP contribution in [-0.4, -0.2) is 29.1 Å². The van der Waals surface area contributed by atoms with Crippen LogP contribution in [0.15, 0.2) is 22.7 Å². The maximum atomic E-state index is 11.7. The molecule has 1 aromatic rings. The Labute approximate surface area is 120 Å². The van der Waals surface area contributed by atoms with Crippen molar-refractivity contribution in [1.82, 2.24) is 5.32 Å². The maximum Gasteiger partial charge on any atom is 0.313 e. The molecule has 0 aliphatic carbocycles. The van der Waals surface area contributed by atoms with Crippen molar-refractivity contribution >= 4 is 33.4 Å². The van der Waals surface area contributed by atoms with E-state index in [1.165, 1.54) is 0 Å². The number of carbonyl (C=O) groups is 2. The number of aliphatic hydroxyl groups excluding tert-OH is 1. The highest BCUT2D eigenvalue weighted by Crippen LogP contribution is 2.19. The van der Waals surface area contributed by atoms with E-state index in [0.29, 0.717) is 5.69 Å². The first kappa shape index (κ1) is 15.7. The SMILES string of the molecule is Cc1cc(Br)ccc1NC(=O)C(=O)NC(C)(C)CO. The monoisotopic (exact) mass is 328 g/mol. The molecule has 0 spiro atoms. The Morgan fingerprint density at radius 3 is 2.47 bits per heavy atom. The zero-order chi connectivity index (χ0) is 14.6. The molecular formula is C13H17BrN2O3. The Morgan fingerprint density at radius 1 is 1.32 bits per heavy atom. The second kappa shape index (κ2) is 6.16. The van der Waals surface area contributed by atoms with Gasteiger partial charge >= 0.3 is 11.8 Å². The molecule has 104 valence electrons. The summed E-state index contributed by atoms with van der Waals surface area (Å²) in [7, 11) is 0. The summed E-state index contributed by atoms with van der Waals surface area (Å²) in [4.78, 5) is 23.4. The topological polar surface area (TPSA) is 78.4 Å². The van der Waals surface area contributed by atoms with Gasteiger partial charge in [0.05, 0.1) is 12.1 Å². The predicted molar refractivity (Wildman–Crippen MR) is 76.8 cm³/mol. The lowest BCUT2D eigenvalue weighted by Gasteiger charge is -2.23. The lowest BCUT2D eigenvalue weighted by molar-refractivity contribution is -0.137. The Bertz CT molecular complexity index is 501. The summed E-state index contributed by atoms with van der Waals surface area (Å²) >= 11 is 3.32. The van der Waals surface area contributed by atoms with Crippen LogP contribution in [0.3, 0.4) is 0 Å².